The van der Waals surface area contributed by atoms with E-state index in [4.69, 9.17) is 0 Å². The lowest BCUT2D eigenvalue weighted by Crippen LogP contribution is -2.31. The number of rotatable bonds is 9. The maximum Gasteiger partial charge on any atom is 0.270 e. The Bertz CT molecular complexity index is 1240. The van der Waals surface area contributed by atoms with E-state index in [-0.39, 0.29) is 17.6 Å². The largest absolute Gasteiger partial charge is 0.351 e. The van der Waals surface area contributed by atoms with Gasteiger partial charge in [0.2, 0.25) is 5.96 Å². The Balaban J connectivity index is 1.48. The second-order valence-electron chi connectivity index (χ2n) is 8.86. The third-order valence-corrected chi connectivity index (χ3v) is 6.13. The summed E-state index contributed by atoms with van der Waals surface area (Å²) in [6, 6.07) is 27.5. The van der Waals surface area contributed by atoms with Crippen molar-refractivity contribution in [1.82, 2.24) is 15.5 Å². The van der Waals surface area contributed by atoms with Crippen LogP contribution >= 0.6 is 0 Å². The quantitative estimate of drug-likeness (QED) is 0.0993. The van der Waals surface area contributed by atoms with Crippen molar-refractivity contribution < 1.29 is 4.79 Å². The zero-order valence-corrected chi connectivity index (χ0v) is 20.9. The summed E-state index contributed by atoms with van der Waals surface area (Å²) in [5.41, 5.74) is 3.99. The second kappa shape index (κ2) is 13.6. The summed E-state index contributed by atoms with van der Waals surface area (Å²) in [4.78, 5) is 20.0. The molecule has 1 heterocycles. The number of likely N-dealkylation sites (tertiary alicyclic amines) is 1. The van der Waals surface area contributed by atoms with Gasteiger partial charge in [0, 0.05) is 12.2 Å². The Hall–Kier alpha value is -4.41. The van der Waals surface area contributed by atoms with E-state index in [1.54, 1.807) is 6.08 Å². The smallest absolute Gasteiger partial charge is 0.270 e. The molecular formula is C30H32N6O. The van der Waals surface area contributed by atoms with E-state index in [1.807, 2.05) is 79.0 Å². The molecule has 4 rings (SSSR count). The van der Waals surface area contributed by atoms with E-state index in [0.29, 0.717) is 6.54 Å². The fourth-order valence-corrected chi connectivity index (χ4v) is 4.23. The predicted molar refractivity (Wildman–Crippen MR) is 149 cm³/mol. The molecule has 3 N–H and O–H groups in total. The number of carbonyl (C=O) groups is 1. The topological polar surface area (TPSA) is 92.5 Å². The number of carbonyl (C=O) groups excluding carboxylic acids is 1. The van der Waals surface area contributed by atoms with Gasteiger partial charge in [0.05, 0.1) is 0 Å². The van der Waals surface area contributed by atoms with Gasteiger partial charge in [-0.05, 0) is 73.8 Å². The molecule has 1 aliphatic rings. The lowest BCUT2D eigenvalue weighted by atomic mass is 10.1. The lowest BCUT2D eigenvalue weighted by molar-refractivity contribution is -0.117. The first-order valence-corrected chi connectivity index (χ1v) is 12.6. The minimum atomic E-state index is -0.288. The Morgan fingerprint density at radius 3 is 2.24 bits per heavy atom. The van der Waals surface area contributed by atoms with E-state index < -0.39 is 0 Å². The number of hydrogen-bond donors (Lipinski definition) is 3. The second-order valence-corrected chi connectivity index (χ2v) is 8.86. The number of anilines is 1. The summed E-state index contributed by atoms with van der Waals surface area (Å²) in [5, 5.41) is 18.0. The average molecular weight is 493 g/mol. The van der Waals surface area contributed by atoms with Gasteiger partial charge in [0.15, 0.2) is 6.19 Å². The summed E-state index contributed by atoms with van der Waals surface area (Å²) in [6.07, 6.45) is 7.01. The van der Waals surface area contributed by atoms with Crippen LogP contribution in [0.3, 0.4) is 0 Å². The lowest BCUT2D eigenvalue weighted by Gasteiger charge is -2.14. The van der Waals surface area contributed by atoms with Gasteiger partial charge in [-0.25, -0.2) is 4.99 Å². The molecular weight excluding hydrogens is 460 g/mol. The first-order valence-electron chi connectivity index (χ1n) is 12.6. The van der Waals surface area contributed by atoms with Crippen molar-refractivity contribution in [1.29, 1.82) is 5.26 Å². The summed E-state index contributed by atoms with van der Waals surface area (Å²) in [7, 11) is 0. The molecule has 1 saturated heterocycles. The molecule has 0 bridgehead atoms. The Morgan fingerprint density at radius 1 is 0.919 bits per heavy atom. The van der Waals surface area contributed by atoms with Crippen LogP contribution in [0.4, 0.5) is 5.69 Å². The van der Waals surface area contributed by atoms with E-state index in [0.717, 1.165) is 48.4 Å². The van der Waals surface area contributed by atoms with Crippen molar-refractivity contribution >= 4 is 23.6 Å². The van der Waals surface area contributed by atoms with Gasteiger partial charge < -0.3 is 15.5 Å². The molecule has 1 aliphatic heterocycles. The normalized spacial score (nSPS) is 14.1. The summed E-state index contributed by atoms with van der Waals surface area (Å²) in [5.74, 6) is -0.118. The molecule has 0 saturated carbocycles. The number of nitrogens with zero attached hydrogens (tertiary/aromatic N) is 3. The molecule has 0 aromatic heterocycles. The third-order valence-electron chi connectivity index (χ3n) is 6.13. The Kier molecular flexibility index (Phi) is 9.45. The van der Waals surface area contributed by atoms with Crippen molar-refractivity contribution in [2.45, 2.75) is 19.3 Å². The first-order chi connectivity index (χ1) is 18.2. The molecule has 0 spiro atoms. The molecule has 0 radical (unpaired) electrons. The molecule has 3 aromatic carbocycles. The number of hydrogen-bond acceptors (Lipinski definition) is 4. The highest BCUT2D eigenvalue weighted by Crippen LogP contribution is 2.21. The fourth-order valence-electron chi connectivity index (χ4n) is 4.23. The van der Waals surface area contributed by atoms with Gasteiger partial charge in [-0.3, -0.25) is 10.1 Å². The van der Waals surface area contributed by atoms with Gasteiger partial charge >= 0.3 is 0 Å². The maximum absolute atomic E-state index is 13.1. The van der Waals surface area contributed by atoms with Crippen molar-refractivity contribution in [2.24, 2.45) is 4.99 Å². The highest BCUT2D eigenvalue weighted by Gasteiger charge is 2.13. The summed E-state index contributed by atoms with van der Waals surface area (Å²) in [6.45, 7) is 3.81. The van der Waals surface area contributed by atoms with Crippen LogP contribution in [0.1, 0.15) is 24.8 Å². The van der Waals surface area contributed by atoms with Crippen LogP contribution in [-0.4, -0.2) is 42.9 Å². The monoisotopic (exact) mass is 492 g/mol. The van der Waals surface area contributed by atoms with Crippen LogP contribution in [0.5, 0.6) is 0 Å². The van der Waals surface area contributed by atoms with Crippen molar-refractivity contribution in [3.8, 4) is 17.3 Å². The molecule has 188 valence electrons. The molecule has 3 aromatic rings. The molecule has 0 aliphatic carbocycles. The molecule has 0 atom stereocenters. The molecule has 7 heteroatoms. The minimum Gasteiger partial charge on any atom is -0.351 e. The highest BCUT2D eigenvalue weighted by molar-refractivity contribution is 6.03. The maximum atomic E-state index is 13.1. The van der Waals surface area contributed by atoms with E-state index in [9.17, 15) is 10.1 Å². The molecule has 1 amide bonds. The number of nitrogens with one attached hydrogen (secondary N) is 3. The van der Waals surface area contributed by atoms with Gasteiger partial charge in [0.25, 0.3) is 5.91 Å². The number of amides is 1. The standard InChI is InChI=1S/C30H32N6O/c31-23-33-30(34-27-16-14-26(15-17-27)25-12-5-2-6-13-25)35-28(22-24-10-3-1-4-11-24)29(37)32-18-9-21-36-19-7-8-20-36/h1-6,10-17,22H,7-9,18-21H2,(H,32,37)(H2,33,34,35)/b28-22+. The summed E-state index contributed by atoms with van der Waals surface area (Å²) >= 11 is 0. The number of aliphatic imine (C=N–C) groups is 1. The minimum absolute atomic E-state index is 0.171. The SMILES string of the molecule is N#CNC(=N/C(=C/c1ccccc1)C(=O)NCCCN1CCCC1)Nc1ccc(-c2ccccc2)cc1. The third kappa shape index (κ3) is 8.06. The molecule has 37 heavy (non-hydrogen) atoms. The number of guanidine groups is 1. The van der Waals surface area contributed by atoms with Gasteiger partial charge in [0.1, 0.15) is 5.70 Å². The van der Waals surface area contributed by atoms with E-state index >= 15 is 0 Å². The molecule has 0 unspecified atom stereocenters. The fraction of sp³-hybridized carbons (Fsp3) is 0.233. The highest BCUT2D eigenvalue weighted by atomic mass is 16.2. The molecule has 1 fully saturated rings. The number of benzene rings is 3. The van der Waals surface area contributed by atoms with Crippen LogP contribution in [0.25, 0.3) is 17.2 Å². The van der Waals surface area contributed by atoms with E-state index in [2.05, 4.69) is 38.0 Å². The van der Waals surface area contributed by atoms with E-state index in [1.165, 1.54) is 12.8 Å². The van der Waals surface area contributed by atoms with Crippen LogP contribution < -0.4 is 16.0 Å². The first kappa shape index (κ1) is 25.7. The predicted octanol–water partition coefficient (Wildman–Crippen LogP) is 4.84. The van der Waals surface area contributed by atoms with Crippen LogP contribution in [0, 0.1) is 11.5 Å². The van der Waals surface area contributed by atoms with Crippen molar-refractivity contribution in [2.75, 3.05) is 31.5 Å². The van der Waals surface area contributed by atoms with Gasteiger partial charge in [-0.15, -0.1) is 0 Å². The van der Waals surface area contributed by atoms with Crippen molar-refractivity contribution in [3.05, 3.63) is 96.2 Å². The summed E-state index contributed by atoms with van der Waals surface area (Å²) < 4.78 is 0. The Morgan fingerprint density at radius 2 is 1.57 bits per heavy atom. The number of nitriles is 1. The Labute approximate surface area is 218 Å². The van der Waals surface area contributed by atoms with Gasteiger partial charge in [-0.1, -0.05) is 72.8 Å². The molecule has 7 nitrogen and oxygen atoms in total. The van der Waals surface area contributed by atoms with Crippen LogP contribution in [0.2, 0.25) is 0 Å². The average Bonchev–Trinajstić information content (AvgIpc) is 3.46. The zero-order chi connectivity index (χ0) is 25.7. The van der Waals surface area contributed by atoms with Gasteiger partial charge in [-0.2, -0.15) is 5.26 Å². The van der Waals surface area contributed by atoms with Crippen LogP contribution in [0.15, 0.2) is 95.6 Å². The van der Waals surface area contributed by atoms with Crippen LogP contribution in [-0.2, 0) is 4.79 Å². The zero-order valence-electron chi connectivity index (χ0n) is 20.9. The van der Waals surface area contributed by atoms with Crippen molar-refractivity contribution in [3.63, 3.8) is 0 Å².